The molecule has 0 atom stereocenters. The van der Waals surface area contributed by atoms with E-state index in [1.165, 1.54) is 0 Å². The number of rotatable bonds is 7. The molecular formula is C18H28N6O. The highest BCUT2D eigenvalue weighted by atomic mass is 16.1. The first-order chi connectivity index (χ1) is 12.1. The summed E-state index contributed by atoms with van der Waals surface area (Å²) in [4.78, 5) is 22.7. The highest BCUT2D eigenvalue weighted by molar-refractivity contribution is 5.75. The molecule has 0 aliphatic rings. The number of aryl methyl sites for hydroxylation is 1. The van der Waals surface area contributed by atoms with Crippen LogP contribution in [0.15, 0.2) is 40.2 Å². The van der Waals surface area contributed by atoms with Crippen molar-refractivity contribution in [3.8, 4) is 11.1 Å². The van der Waals surface area contributed by atoms with Crippen LogP contribution >= 0.6 is 0 Å². The fourth-order valence-corrected chi connectivity index (χ4v) is 2.14. The lowest BCUT2D eigenvalue weighted by atomic mass is 10.1. The minimum atomic E-state index is -0.122. The largest absolute Gasteiger partial charge is 0.370 e. The molecule has 0 spiro atoms. The maximum absolute atomic E-state index is 11.9. The summed E-state index contributed by atoms with van der Waals surface area (Å²) in [5.74, 6) is 0.737. The second kappa shape index (κ2) is 11.0. The standard InChI is InChI=1S/C16H22N6O.C2H6/c1-11-21-10-14(15(23)22-11)13-5-3-12(4-6-13)9-19-7-2-8-20-16(17)18;1-2/h3-6,10,19H,2,7-9H2,1H3,(H4,17,18,20)(H,21,22,23);1-2H3. The molecule has 25 heavy (non-hydrogen) atoms. The summed E-state index contributed by atoms with van der Waals surface area (Å²) >= 11 is 0. The molecule has 0 unspecified atom stereocenters. The number of H-pyrrole nitrogens is 1. The zero-order chi connectivity index (χ0) is 18.7. The van der Waals surface area contributed by atoms with Crippen molar-refractivity contribution in [3.05, 3.63) is 52.2 Å². The molecule has 1 heterocycles. The topological polar surface area (TPSA) is 122 Å². The number of guanidine groups is 1. The summed E-state index contributed by atoms with van der Waals surface area (Å²) in [5.41, 5.74) is 13.0. The number of hydrogen-bond acceptors (Lipinski definition) is 4. The van der Waals surface area contributed by atoms with Crippen LogP contribution in [0.4, 0.5) is 0 Å². The summed E-state index contributed by atoms with van der Waals surface area (Å²) in [6.07, 6.45) is 2.48. The van der Waals surface area contributed by atoms with Gasteiger partial charge in [-0.3, -0.25) is 9.79 Å². The van der Waals surface area contributed by atoms with Crippen molar-refractivity contribution in [1.29, 1.82) is 0 Å². The van der Waals surface area contributed by atoms with Crippen molar-refractivity contribution < 1.29 is 0 Å². The zero-order valence-electron chi connectivity index (χ0n) is 15.2. The van der Waals surface area contributed by atoms with Crippen molar-refractivity contribution in [3.63, 3.8) is 0 Å². The lowest BCUT2D eigenvalue weighted by molar-refractivity contribution is 0.655. The summed E-state index contributed by atoms with van der Waals surface area (Å²) < 4.78 is 0. The van der Waals surface area contributed by atoms with Crippen LogP contribution in [0.3, 0.4) is 0 Å². The van der Waals surface area contributed by atoms with Crippen LogP contribution in [0.25, 0.3) is 11.1 Å². The van der Waals surface area contributed by atoms with Gasteiger partial charge in [0.05, 0.1) is 5.56 Å². The Kier molecular flexibility index (Phi) is 8.95. The van der Waals surface area contributed by atoms with Crippen molar-refractivity contribution >= 4 is 5.96 Å². The third-order valence-corrected chi connectivity index (χ3v) is 3.33. The van der Waals surface area contributed by atoms with Crippen LogP contribution < -0.4 is 22.3 Å². The average Bonchev–Trinajstić information content (AvgIpc) is 2.60. The molecule has 0 aliphatic heterocycles. The summed E-state index contributed by atoms with van der Waals surface area (Å²) in [5, 5.41) is 3.32. The second-order valence-electron chi connectivity index (χ2n) is 5.25. The van der Waals surface area contributed by atoms with Gasteiger partial charge in [0.15, 0.2) is 5.96 Å². The number of hydrogen-bond donors (Lipinski definition) is 4. The molecule has 2 aromatic rings. The SMILES string of the molecule is CC.Cc1ncc(-c2ccc(CNCCCN=C(N)N)cc2)c(=O)[nH]1. The molecule has 6 N–H and O–H groups in total. The van der Waals surface area contributed by atoms with E-state index in [0.29, 0.717) is 17.9 Å². The number of aromatic nitrogens is 2. The lowest BCUT2D eigenvalue weighted by Crippen LogP contribution is -2.23. The van der Waals surface area contributed by atoms with E-state index in [4.69, 9.17) is 11.5 Å². The minimum absolute atomic E-state index is 0.122. The van der Waals surface area contributed by atoms with Crippen LogP contribution in [-0.4, -0.2) is 29.0 Å². The van der Waals surface area contributed by atoms with Crippen molar-refractivity contribution in [2.45, 2.75) is 33.7 Å². The van der Waals surface area contributed by atoms with Gasteiger partial charge in [0, 0.05) is 19.3 Å². The van der Waals surface area contributed by atoms with Gasteiger partial charge < -0.3 is 21.8 Å². The molecule has 1 aromatic heterocycles. The molecular weight excluding hydrogens is 316 g/mol. The van der Waals surface area contributed by atoms with Gasteiger partial charge >= 0.3 is 0 Å². The number of aliphatic imine (C=N–C) groups is 1. The molecule has 0 fully saturated rings. The molecule has 0 radical (unpaired) electrons. The Balaban J connectivity index is 0.00000151. The maximum atomic E-state index is 11.9. The fourth-order valence-electron chi connectivity index (χ4n) is 2.14. The summed E-state index contributed by atoms with van der Waals surface area (Å²) in [7, 11) is 0. The van der Waals surface area contributed by atoms with E-state index >= 15 is 0 Å². The van der Waals surface area contributed by atoms with E-state index in [1.54, 1.807) is 13.1 Å². The molecule has 2 rings (SSSR count). The van der Waals surface area contributed by atoms with E-state index in [1.807, 2.05) is 38.1 Å². The Morgan fingerprint density at radius 3 is 2.52 bits per heavy atom. The molecule has 0 aliphatic carbocycles. The first-order valence-corrected chi connectivity index (χ1v) is 8.47. The van der Waals surface area contributed by atoms with E-state index in [-0.39, 0.29) is 11.5 Å². The number of nitrogens with one attached hydrogen (secondary N) is 2. The molecule has 136 valence electrons. The average molecular weight is 344 g/mol. The van der Waals surface area contributed by atoms with Gasteiger partial charge in [-0.05, 0) is 31.0 Å². The van der Waals surface area contributed by atoms with Gasteiger partial charge in [0.2, 0.25) is 0 Å². The zero-order valence-corrected chi connectivity index (χ0v) is 15.2. The molecule has 1 aromatic carbocycles. The highest BCUT2D eigenvalue weighted by Crippen LogP contribution is 2.15. The van der Waals surface area contributed by atoms with E-state index < -0.39 is 0 Å². The Morgan fingerprint density at radius 1 is 1.24 bits per heavy atom. The predicted octanol–water partition coefficient (Wildman–Crippen LogP) is 1.52. The molecule has 7 heteroatoms. The lowest BCUT2D eigenvalue weighted by Gasteiger charge is -2.06. The van der Waals surface area contributed by atoms with Gasteiger partial charge in [0.25, 0.3) is 5.56 Å². The van der Waals surface area contributed by atoms with Crippen LogP contribution in [0.2, 0.25) is 0 Å². The van der Waals surface area contributed by atoms with Crippen LogP contribution in [-0.2, 0) is 6.54 Å². The van der Waals surface area contributed by atoms with Gasteiger partial charge in [-0.15, -0.1) is 0 Å². The Hall–Kier alpha value is -2.67. The maximum Gasteiger partial charge on any atom is 0.258 e. The first-order valence-electron chi connectivity index (χ1n) is 8.47. The van der Waals surface area contributed by atoms with E-state index in [0.717, 1.165) is 30.6 Å². The second-order valence-corrected chi connectivity index (χ2v) is 5.25. The molecule has 0 saturated carbocycles. The molecule has 0 bridgehead atoms. The Labute approximate surface area is 148 Å². The van der Waals surface area contributed by atoms with Gasteiger partial charge in [-0.25, -0.2) is 4.98 Å². The number of benzene rings is 1. The molecule has 7 nitrogen and oxygen atoms in total. The van der Waals surface area contributed by atoms with Crippen molar-refractivity contribution in [2.75, 3.05) is 13.1 Å². The smallest absolute Gasteiger partial charge is 0.258 e. The number of aromatic amines is 1. The summed E-state index contributed by atoms with van der Waals surface area (Å²) in [6.45, 7) is 7.97. The number of nitrogens with zero attached hydrogens (tertiary/aromatic N) is 2. The Morgan fingerprint density at radius 2 is 1.92 bits per heavy atom. The van der Waals surface area contributed by atoms with Gasteiger partial charge in [0.1, 0.15) is 5.82 Å². The molecule has 0 amide bonds. The van der Waals surface area contributed by atoms with Crippen molar-refractivity contribution in [1.82, 2.24) is 15.3 Å². The summed E-state index contributed by atoms with van der Waals surface area (Å²) in [6, 6.07) is 7.85. The molecule has 0 saturated heterocycles. The highest BCUT2D eigenvalue weighted by Gasteiger charge is 2.04. The van der Waals surface area contributed by atoms with E-state index in [9.17, 15) is 4.79 Å². The van der Waals surface area contributed by atoms with E-state index in [2.05, 4.69) is 20.3 Å². The van der Waals surface area contributed by atoms with Crippen LogP contribution in [0, 0.1) is 6.92 Å². The Bertz CT molecular complexity index is 717. The monoisotopic (exact) mass is 344 g/mol. The van der Waals surface area contributed by atoms with Crippen LogP contribution in [0.1, 0.15) is 31.7 Å². The third-order valence-electron chi connectivity index (χ3n) is 3.33. The fraction of sp³-hybridized carbons (Fsp3) is 0.389. The minimum Gasteiger partial charge on any atom is -0.370 e. The quantitative estimate of drug-likeness (QED) is 0.345. The van der Waals surface area contributed by atoms with Gasteiger partial charge in [-0.1, -0.05) is 38.1 Å². The van der Waals surface area contributed by atoms with Crippen LogP contribution in [0.5, 0.6) is 0 Å². The predicted molar refractivity (Wildman–Crippen MR) is 103 cm³/mol. The first kappa shape index (κ1) is 20.4. The van der Waals surface area contributed by atoms with Gasteiger partial charge in [-0.2, -0.15) is 0 Å². The third kappa shape index (κ3) is 7.17. The van der Waals surface area contributed by atoms with Crippen molar-refractivity contribution in [2.24, 2.45) is 16.5 Å². The number of nitrogens with two attached hydrogens (primary N) is 2. The normalized spacial score (nSPS) is 9.88.